The minimum absolute atomic E-state index is 0.111. The van der Waals surface area contributed by atoms with Crippen LogP contribution in [0.3, 0.4) is 0 Å². The van der Waals surface area contributed by atoms with E-state index in [1.165, 1.54) is 18.4 Å². The molecule has 0 saturated heterocycles. The molecule has 140 valence electrons. The molecule has 1 heterocycles. The number of carbonyl (C=O) groups excluding carboxylic acids is 2. The maximum Gasteiger partial charge on any atom is 0.339 e. The molecule has 1 aromatic heterocycles. The predicted octanol–water partition coefficient (Wildman–Crippen LogP) is 3.39. The summed E-state index contributed by atoms with van der Waals surface area (Å²) in [4.78, 5) is 37.3. The smallest absolute Gasteiger partial charge is 0.339 e. The van der Waals surface area contributed by atoms with Gasteiger partial charge in [-0.1, -0.05) is 6.07 Å². The maximum atomic E-state index is 13.0. The van der Waals surface area contributed by atoms with Gasteiger partial charge in [0.1, 0.15) is 6.61 Å². The van der Waals surface area contributed by atoms with E-state index in [9.17, 15) is 14.4 Å². The number of hydrogen-bond donors (Lipinski definition) is 0. The molecule has 0 aliphatic rings. The largest absolute Gasteiger partial charge is 0.462 e. The number of rotatable bonds is 6. The molecule has 0 saturated carbocycles. The summed E-state index contributed by atoms with van der Waals surface area (Å²) in [6, 6.07) is 9.83. The summed E-state index contributed by atoms with van der Waals surface area (Å²) in [6.45, 7) is 2.40. The van der Waals surface area contributed by atoms with Crippen LogP contribution in [0.5, 0.6) is 0 Å². The molecule has 0 amide bonds. The molecule has 0 bridgehead atoms. The van der Waals surface area contributed by atoms with Crippen LogP contribution in [-0.4, -0.2) is 38.9 Å². The predicted molar refractivity (Wildman–Crippen MR) is 104 cm³/mol. The number of carbonyl (C=O) groups is 2. The van der Waals surface area contributed by atoms with E-state index in [4.69, 9.17) is 14.2 Å². The molecule has 3 aromatic rings. The lowest BCUT2D eigenvalue weighted by molar-refractivity contribution is 0.0390. The van der Waals surface area contributed by atoms with Crippen LogP contribution >= 0.6 is 11.3 Å². The first-order valence-electron chi connectivity index (χ1n) is 8.39. The first kappa shape index (κ1) is 19.0. The molecular formula is C20H18O6S. The van der Waals surface area contributed by atoms with Gasteiger partial charge in [-0.05, 0) is 37.3 Å². The van der Waals surface area contributed by atoms with Crippen LogP contribution in [0.4, 0.5) is 0 Å². The van der Waals surface area contributed by atoms with Crippen LogP contribution in [0.1, 0.15) is 27.6 Å². The van der Waals surface area contributed by atoms with Gasteiger partial charge in [-0.2, -0.15) is 0 Å². The van der Waals surface area contributed by atoms with Gasteiger partial charge in [-0.25, -0.2) is 9.59 Å². The Kier molecular flexibility index (Phi) is 5.83. The van der Waals surface area contributed by atoms with Crippen molar-refractivity contribution in [3.05, 3.63) is 57.7 Å². The lowest BCUT2D eigenvalue weighted by Gasteiger charge is -2.08. The third-order valence-electron chi connectivity index (χ3n) is 3.95. The Morgan fingerprint density at radius 2 is 1.81 bits per heavy atom. The van der Waals surface area contributed by atoms with Crippen molar-refractivity contribution in [2.24, 2.45) is 0 Å². The summed E-state index contributed by atoms with van der Waals surface area (Å²) in [5.41, 5.74) is 0.337. The van der Waals surface area contributed by atoms with Crippen molar-refractivity contribution in [1.29, 1.82) is 0 Å². The highest BCUT2D eigenvalue weighted by molar-refractivity contribution is 7.24. The van der Waals surface area contributed by atoms with Gasteiger partial charge < -0.3 is 14.2 Å². The van der Waals surface area contributed by atoms with Gasteiger partial charge in [0.25, 0.3) is 0 Å². The van der Waals surface area contributed by atoms with Crippen molar-refractivity contribution >= 4 is 43.4 Å². The topological polar surface area (TPSA) is 78.9 Å². The Balaban J connectivity index is 2.12. The van der Waals surface area contributed by atoms with Gasteiger partial charge in [0.15, 0.2) is 5.43 Å². The lowest BCUT2D eigenvalue weighted by atomic mass is 10.1. The fraction of sp³-hybridized carbons (Fsp3) is 0.250. The van der Waals surface area contributed by atoms with Gasteiger partial charge in [-0.15, -0.1) is 11.3 Å². The molecule has 0 N–H and O–H groups in total. The average molecular weight is 386 g/mol. The van der Waals surface area contributed by atoms with Crippen LogP contribution in [0.2, 0.25) is 0 Å². The highest BCUT2D eigenvalue weighted by Gasteiger charge is 2.17. The second-order valence-corrected chi connectivity index (χ2v) is 6.75. The molecule has 6 nitrogen and oxygen atoms in total. The number of esters is 2. The standard InChI is InChI=1S/C20H18O6S/c1-3-25-19(22)12-7-8-13-16(11-12)27-15-6-4-5-14(17(15)18(13)21)20(23)26-10-9-24-2/h4-8,11H,3,9-10H2,1-2H3. The fourth-order valence-corrected chi connectivity index (χ4v) is 3.85. The Morgan fingerprint density at radius 1 is 1.00 bits per heavy atom. The van der Waals surface area contributed by atoms with Crippen molar-refractivity contribution in [3.8, 4) is 0 Å². The van der Waals surface area contributed by atoms with Crippen molar-refractivity contribution in [2.45, 2.75) is 6.92 Å². The maximum absolute atomic E-state index is 13.0. The second-order valence-electron chi connectivity index (χ2n) is 5.67. The molecular weight excluding hydrogens is 368 g/mol. The number of hydrogen-bond acceptors (Lipinski definition) is 7. The Hall–Kier alpha value is -2.77. The van der Waals surface area contributed by atoms with Gasteiger partial charge >= 0.3 is 11.9 Å². The number of fused-ring (bicyclic) bond motifs is 2. The van der Waals surface area contributed by atoms with E-state index >= 15 is 0 Å². The third kappa shape index (κ3) is 3.84. The molecule has 27 heavy (non-hydrogen) atoms. The van der Waals surface area contributed by atoms with Crippen molar-refractivity contribution in [3.63, 3.8) is 0 Å². The molecule has 0 fully saturated rings. The summed E-state index contributed by atoms with van der Waals surface area (Å²) in [5, 5.41) is 0.763. The first-order valence-corrected chi connectivity index (χ1v) is 9.21. The number of benzene rings is 2. The average Bonchev–Trinajstić information content (AvgIpc) is 2.67. The molecule has 3 rings (SSSR count). The molecule has 2 aromatic carbocycles. The summed E-state index contributed by atoms with van der Waals surface area (Å²) < 4.78 is 16.3. The molecule has 0 atom stereocenters. The summed E-state index contributed by atoms with van der Waals surface area (Å²) >= 11 is 1.33. The minimum Gasteiger partial charge on any atom is -0.462 e. The quantitative estimate of drug-likeness (QED) is 0.367. The highest BCUT2D eigenvalue weighted by Crippen LogP contribution is 2.28. The Labute approximate surface area is 159 Å². The Bertz CT molecular complexity index is 1070. The highest BCUT2D eigenvalue weighted by atomic mass is 32.1. The molecule has 0 radical (unpaired) electrons. The first-order chi connectivity index (χ1) is 13.1. The monoisotopic (exact) mass is 386 g/mol. The number of methoxy groups -OCH3 is 1. The van der Waals surface area contributed by atoms with Gasteiger partial charge in [-0.3, -0.25) is 4.79 Å². The van der Waals surface area contributed by atoms with Crippen LogP contribution < -0.4 is 5.43 Å². The molecule has 0 aliphatic carbocycles. The molecule has 0 aliphatic heterocycles. The van der Waals surface area contributed by atoms with Crippen LogP contribution in [0, 0.1) is 0 Å². The van der Waals surface area contributed by atoms with Crippen molar-refractivity contribution in [2.75, 3.05) is 26.9 Å². The van der Waals surface area contributed by atoms with E-state index in [-0.39, 0.29) is 30.8 Å². The summed E-state index contributed by atoms with van der Waals surface area (Å²) in [7, 11) is 1.51. The van der Waals surface area contributed by atoms with Crippen LogP contribution in [0.15, 0.2) is 41.2 Å². The minimum atomic E-state index is -0.565. The summed E-state index contributed by atoms with van der Waals surface area (Å²) in [6.07, 6.45) is 0. The van der Waals surface area contributed by atoms with E-state index in [1.807, 2.05) is 0 Å². The fourth-order valence-electron chi connectivity index (χ4n) is 2.70. The van der Waals surface area contributed by atoms with Crippen molar-refractivity contribution in [1.82, 2.24) is 0 Å². The zero-order chi connectivity index (χ0) is 19.4. The van der Waals surface area contributed by atoms with E-state index < -0.39 is 11.9 Å². The lowest BCUT2D eigenvalue weighted by Crippen LogP contribution is -2.13. The second kappa shape index (κ2) is 8.28. The van der Waals surface area contributed by atoms with Crippen molar-refractivity contribution < 1.29 is 23.8 Å². The number of ether oxygens (including phenoxy) is 3. The summed E-state index contributed by atoms with van der Waals surface area (Å²) in [5.74, 6) is -1.00. The SMILES string of the molecule is CCOC(=O)c1ccc2c(=O)c3c(C(=O)OCCOC)cccc3sc2c1. The van der Waals surface area contributed by atoms with E-state index in [2.05, 4.69) is 0 Å². The zero-order valence-corrected chi connectivity index (χ0v) is 15.8. The van der Waals surface area contributed by atoms with Crippen LogP contribution in [0.25, 0.3) is 20.2 Å². The van der Waals surface area contributed by atoms with Gasteiger partial charge in [0, 0.05) is 21.9 Å². The van der Waals surface area contributed by atoms with Gasteiger partial charge in [0.05, 0.1) is 29.7 Å². The van der Waals surface area contributed by atoms with E-state index in [0.29, 0.717) is 25.7 Å². The molecule has 0 spiro atoms. The van der Waals surface area contributed by atoms with Crippen LogP contribution in [-0.2, 0) is 14.2 Å². The zero-order valence-electron chi connectivity index (χ0n) is 14.9. The molecule has 0 unspecified atom stereocenters. The molecule has 7 heteroatoms. The van der Waals surface area contributed by atoms with E-state index in [0.717, 1.165) is 0 Å². The Morgan fingerprint density at radius 3 is 2.56 bits per heavy atom. The van der Waals surface area contributed by atoms with Gasteiger partial charge in [0.2, 0.25) is 0 Å². The van der Waals surface area contributed by atoms with E-state index in [1.54, 1.807) is 43.3 Å². The normalized spacial score (nSPS) is 10.9. The third-order valence-corrected chi connectivity index (χ3v) is 5.07.